The fourth-order valence-electron chi connectivity index (χ4n) is 1.99. The molecule has 24 heavy (non-hydrogen) atoms. The van der Waals surface area contributed by atoms with Gasteiger partial charge in [0.2, 0.25) is 0 Å². The van der Waals surface area contributed by atoms with E-state index < -0.39 is 0 Å². The van der Waals surface area contributed by atoms with Crippen molar-refractivity contribution in [2.45, 2.75) is 40.2 Å². The molecule has 1 rings (SSSR count). The van der Waals surface area contributed by atoms with E-state index in [1.165, 1.54) is 4.88 Å². The smallest absolute Gasteiger partial charge is 0.191 e. The first kappa shape index (κ1) is 23.5. The van der Waals surface area contributed by atoms with E-state index >= 15 is 0 Å². The molecule has 0 aliphatic heterocycles. The van der Waals surface area contributed by atoms with Crippen LogP contribution in [0.3, 0.4) is 0 Å². The molecule has 0 radical (unpaired) electrons. The lowest BCUT2D eigenvalue weighted by molar-refractivity contribution is 0.0689. The molecule has 8 heteroatoms. The molecular weight excluding hydrogens is 439 g/mol. The molecule has 0 bridgehead atoms. The average Bonchev–Trinajstić information content (AvgIpc) is 2.85. The number of unbranched alkanes of at least 4 members (excludes halogenated alkanes) is 1. The lowest BCUT2D eigenvalue weighted by Crippen LogP contribution is -2.37. The van der Waals surface area contributed by atoms with Gasteiger partial charge in [0.25, 0.3) is 0 Å². The van der Waals surface area contributed by atoms with Crippen molar-refractivity contribution in [2.75, 3.05) is 40.0 Å². The lowest BCUT2D eigenvalue weighted by atomic mass is 10.3. The number of rotatable bonds is 11. The van der Waals surface area contributed by atoms with Crippen molar-refractivity contribution in [2.24, 2.45) is 4.99 Å². The third-order valence-electron chi connectivity index (χ3n) is 3.16. The van der Waals surface area contributed by atoms with E-state index in [0.717, 1.165) is 49.2 Å². The second-order valence-corrected chi connectivity index (χ2v) is 6.46. The fraction of sp³-hybridized carbons (Fsp3) is 0.750. The Kier molecular flexibility index (Phi) is 14.6. The molecule has 1 heterocycles. The zero-order valence-electron chi connectivity index (χ0n) is 15.2. The van der Waals surface area contributed by atoms with Crippen LogP contribution in [-0.4, -0.2) is 51.0 Å². The number of nitrogens with zero attached hydrogens (tertiary/aromatic N) is 2. The van der Waals surface area contributed by atoms with Gasteiger partial charge in [-0.25, -0.2) is 9.98 Å². The molecule has 0 saturated heterocycles. The van der Waals surface area contributed by atoms with Crippen molar-refractivity contribution in [3.63, 3.8) is 0 Å². The van der Waals surface area contributed by atoms with Crippen molar-refractivity contribution >= 4 is 41.3 Å². The highest BCUT2D eigenvalue weighted by Crippen LogP contribution is 2.17. The number of aryl methyl sites for hydroxylation is 2. The lowest BCUT2D eigenvalue weighted by Gasteiger charge is -2.11. The Balaban J connectivity index is 0.00000529. The fourth-order valence-corrected chi connectivity index (χ4v) is 2.85. The SMILES string of the molecule is CCNC(=NCc1sc(C)nc1C)NCCCCOCCOC.I. The van der Waals surface area contributed by atoms with Crippen LogP contribution in [0.4, 0.5) is 0 Å². The molecule has 0 atom stereocenters. The van der Waals surface area contributed by atoms with Gasteiger partial charge in [-0.15, -0.1) is 35.3 Å². The predicted octanol–water partition coefficient (Wildman–Crippen LogP) is 2.88. The molecule has 6 nitrogen and oxygen atoms in total. The Morgan fingerprint density at radius 2 is 1.96 bits per heavy atom. The Hall–Kier alpha value is -0.450. The molecule has 0 unspecified atom stereocenters. The van der Waals surface area contributed by atoms with Crippen molar-refractivity contribution in [3.8, 4) is 0 Å². The number of aliphatic imine (C=N–C) groups is 1. The minimum Gasteiger partial charge on any atom is -0.382 e. The van der Waals surface area contributed by atoms with Gasteiger partial charge in [0.1, 0.15) is 0 Å². The van der Waals surface area contributed by atoms with Crippen LogP contribution in [0.5, 0.6) is 0 Å². The van der Waals surface area contributed by atoms with Crippen molar-refractivity contribution in [1.29, 1.82) is 0 Å². The predicted molar refractivity (Wildman–Crippen MR) is 112 cm³/mol. The molecule has 1 aromatic heterocycles. The van der Waals surface area contributed by atoms with Gasteiger partial charge < -0.3 is 20.1 Å². The number of halogens is 1. The molecular formula is C16H31IN4O2S. The van der Waals surface area contributed by atoms with Gasteiger partial charge in [-0.05, 0) is 33.6 Å². The maximum Gasteiger partial charge on any atom is 0.191 e. The summed E-state index contributed by atoms with van der Waals surface area (Å²) in [7, 11) is 1.68. The summed E-state index contributed by atoms with van der Waals surface area (Å²) >= 11 is 1.72. The van der Waals surface area contributed by atoms with Crippen LogP contribution >= 0.6 is 35.3 Å². The summed E-state index contributed by atoms with van der Waals surface area (Å²) < 4.78 is 10.4. The third kappa shape index (κ3) is 10.4. The van der Waals surface area contributed by atoms with Gasteiger partial charge in [-0.1, -0.05) is 0 Å². The monoisotopic (exact) mass is 470 g/mol. The zero-order valence-corrected chi connectivity index (χ0v) is 18.3. The molecule has 0 fully saturated rings. The molecule has 0 amide bonds. The molecule has 2 N–H and O–H groups in total. The van der Waals surface area contributed by atoms with Gasteiger partial charge in [-0.3, -0.25) is 0 Å². The summed E-state index contributed by atoms with van der Waals surface area (Å²) in [6, 6.07) is 0. The van der Waals surface area contributed by atoms with Gasteiger partial charge in [0, 0.05) is 31.7 Å². The number of guanidine groups is 1. The van der Waals surface area contributed by atoms with E-state index in [-0.39, 0.29) is 24.0 Å². The Morgan fingerprint density at radius 3 is 2.58 bits per heavy atom. The van der Waals surface area contributed by atoms with Crippen LogP contribution in [0.2, 0.25) is 0 Å². The maximum atomic E-state index is 5.45. The average molecular weight is 470 g/mol. The number of hydrogen-bond donors (Lipinski definition) is 2. The van der Waals surface area contributed by atoms with Gasteiger partial charge in [0.05, 0.1) is 30.5 Å². The number of aromatic nitrogens is 1. The molecule has 140 valence electrons. The summed E-state index contributed by atoms with van der Waals surface area (Å²) in [4.78, 5) is 10.3. The third-order valence-corrected chi connectivity index (χ3v) is 4.22. The largest absolute Gasteiger partial charge is 0.382 e. The zero-order chi connectivity index (χ0) is 16.9. The Labute approximate surface area is 166 Å². The Bertz CT molecular complexity index is 469. The summed E-state index contributed by atoms with van der Waals surface area (Å²) in [5, 5.41) is 7.73. The number of methoxy groups -OCH3 is 1. The minimum atomic E-state index is 0. The minimum absolute atomic E-state index is 0. The van der Waals surface area contributed by atoms with E-state index in [4.69, 9.17) is 9.47 Å². The first-order valence-electron chi connectivity index (χ1n) is 8.19. The molecule has 0 aliphatic rings. The standard InChI is InChI=1S/C16H30N4O2S.HI/c1-5-17-16(18-8-6-7-9-22-11-10-21-4)19-12-15-13(2)20-14(3)23-15;/h5-12H2,1-4H3,(H2,17,18,19);1H. The van der Waals surface area contributed by atoms with E-state index in [2.05, 4.69) is 27.5 Å². The van der Waals surface area contributed by atoms with E-state index in [9.17, 15) is 0 Å². The van der Waals surface area contributed by atoms with Gasteiger partial charge in [0.15, 0.2) is 5.96 Å². The van der Waals surface area contributed by atoms with Crippen LogP contribution in [0.15, 0.2) is 4.99 Å². The first-order chi connectivity index (χ1) is 11.2. The normalized spacial score (nSPS) is 11.2. The second-order valence-electron chi connectivity index (χ2n) is 5.18. The van der Waals surface area contributed by atoms with Crippen molar-refractivity contribution in [3.05, 3.63) is 15.6 Å². The van der Waals surface area contributed by atoms with Gasteiger partial charge in [-0.2, -0.15) is 0 Å². The second kappa shape index (κ2) is 14.9. The highest BCUT2D eigenvalue weighted by molar-refractivity contribution is 14.0. The highest BCUT2D eigenvalue weighted by atomic mass is 127. The van der Waals surface area contributed by atoms with Gasteiger partial charge >= 0.3 is 0 Å². The Morgan fingerprint density at radius 1 is 1.17 bits per heavy atom. The summed E-state index contributed by atoms with van der Waals surface area (Å²) in [5.74, 6) is 0.859. The molecule has 0 aliphatic carbocycles. The molecule has 0 aromatic carbocycles. The number of hydrogen-bond acceptors (Lipinski definition) is 5. The summed E-state index contributed by atoms with van der Waals surface area (Å²) in [6.45, 7) is 10.7. The van der Waals surface area contributed by atoms with Crippen LogP contribution in [-0.2, 0) is 16.0 Å². The number of thiazole rings is 1. The number of ether oxygens (including phenoxy) is 2. The molecule has 0 saturated carbocycles. The van der Waals surface area contributed by atoms with E-state index in [0.29, 0.717) is 19.8 Å². The van der Waals surface area contributed by atoms with E-state index in [1.54, 1.807) is 18.4 Å². The van der Waals surface area contributed by atoms with Crippen molar-refractivity contribution < 1.29 is 9.47 Å². The highest BCUT2D eigenvalue weighted by Gasteiger charge is 2.04. The summed E-state index contributed by atoms with van der Waals surface area (Å²) in [5.41, 5.74) is 1.08. The van der Waals surface area contributed by atoms with Crippen LogP contribution in [0.25, 0.3) is 0 Å². The first-order valence-corrected chi connectivity index (χ1v) is 9.00. The van der Waals surface area contributed by atoms with E-state index in [1.807, 2.05) is 13.8 Å². The maximum absolute atomic E-state index is 5.45. The quantitative estimate of drug-likeness (QED) is 0.225. The topological polar surface area (TPSA) is 67.8 Å². The molecule has 1 aromatic rings. The van der Waals surface area contributed by atoms with Crippen molar-refractivity contribution in [1.82, 2.24) is 15.6 Å². The van der Waals surface area contributed by atoms with Crippen LogP contribution < -0.4 is 10.6 Å². The number of nitrogens with one attached hydrogen (secondary N) is 2. The van der Waals surface area contributed by atoms with Crippen LogP contribution in [0, 0.1) is 13.8 Å². The summed E-state index contributed by atoms with van der Waals surface area (Å²) in [6.07, 6.45) is 2.08. The van der Waals surface area contributed by atoms with Crippen LogP contribution in [0.1, 0.15) is 35.3 Å². The molecule has 0 spiro atoms.